The largest absolute Gasteiger partial charge is 0.412 e. The molecule has 0 rings (SSSR count). The molecule has 0 bridgehead atoms. The van der Waals surface area contributed by atoms with Crippen molar-refractivity contribution >= 4 is 21.6 Å². The number of aliphatic hydroxyl groups excluding tert-OH is 1. The third-order valence-electron chi connectivity index (χ3n) is 0. The van der Waals surface area contributed by atoms with Gasteiger partial charge in [-0.1, -0.05) is 0 Å². The van der Waals surface area contributed by atoms with Crippen LogP contribution in [-0.2, 0) is 0 Å². The molecule has 1 unspecified atom stereocenters. The Morgan fingerprint density at radius 2 is 1.60 bits per heavy atom. The maximum Gasteiger partial charge on any atom is 0.0567 e. The van der Waals surface area contributed by atoms with E-state index in [2.05, 4.69) is 9.24 Å². The monoisotopic (exact) mass is 118 g/mol. The van der Waals surface area contributed by atoms with Gasteiger partial charge in [-0.2, -0.15) is 0 Å². The normalized spacial score (nSPS) is 3.60. The van der Waals surface area contributed by atoms with Crippen LogP contribution in [-0.4, -0.2) is 16.9 Å². The van der Waals surface area contributed by atoms with Crippen LogP contribution in [0.4, 0.5) is 0 Å². The van der Waals surface area contributed by atoms with E-state index in [4.69, 9.17) is 5.11 Å². The molecule has 0 radical (unpaired) electrons. The summed E-state index contributed by atoms with van der Waals surface area (Å²) >= 11 is 0. The lowest BCUT2D eigenvalue weighted by molar-refractivity contribution is 0.375. The van der Waals surface area contributed by atoms with Crippen LogP contribution in [0.1, 0.15) is 0 Å². The van der Waals surface area contributed by atoms with Crippen LogP contribution in [0, 0.1) is 0 Å². The summed E-state index contributed by atoms with van der Waals surface area (Å²) in [7, 11) is 2.13. The highest BCUT2D eigenvalue weighted by Crippen LogP contribution is 1.63. The standard InChI is InChI=1S/CH5OP.ClH.H2O/c2-1-3;;/h2H,1,3H2;1H;1H2. The highest BCUT2D eigenvalue weighted by Gasteiger charge is 1.33. The van der Waals surface area contributed by atoms with Crippen LogP contribution in [0.3, 0.4) is 0 Å². The molecular weight excluding hydrogens is 110 g/mol. The number of halogens is 1. The molecule has 0 aliphatic carbocycles. The summed E-state index contributed by atoms with van der Waals surface area (Å²) < 4.78 is 0. The smallest absolute Gasteiger partial charge is 0.0567 e. The second kappa shape index (κ2) is 22.9. The van der Waals surface area contributed by atoms with Crippen LogP contribution in [0.2, 0.25) is 0 Å². The van der Waals surface area contributed by atoms with Gasteiger partial charge in [0.1, 0.15) is 0 Å². The van der Waals surface area contributed by atoms with Gasteiger partial charge in [0, 0.05) is 0 Å². The van der Waals surface area contributed by atoms with Gasteiger partial charge in [0.2, 0.25) is 0 Å². The summed E-state index contributed by atoms with van der Waals surface area (Å²) in [6.45, 7) is 0. The Morgan fingerprint density at radius 3 is 1.60 bits per heavy atom. The van der Waals surface area contributed by atoms with Crippen molar-refractivity contribution in [3.05, 3.63) is 0 Å². The van der Waals surface area contributed by atoms with Crippen molar-refractivity contribution in [2.24, 2.45) is 0 Å². The van der Waals surface area contributed by atoms with Gasteiger partial charge in [0.15, 0.2) is 0 Å². The molecule has 0 fully saturated rings. The topological polar surface area (TPSA) is 51.7 Å². The van der Waals surface area contributed by atoms with Gasteiger partial charge in [0.25, 0.3) is 0 Å². The number of hydrogen-bond acceptors (Lipinski definition) is 1. The molecule has 0 aliphatic heterocycles. The molecule has 0 aromatic carbocycles. The lowest BCUT2D eigenvalue weighted by atomic mass is 11.7. The minimum absolute atomic E-state index is 0. The first-order valence-corrected chi connectivity index (χ1v) is 1.54. The molecular formula is CH8ClO2P. The van der Waals surface area contributed by atoms with Crippen molar-refractivity contribution in [3.8, 4) is 0 Å². The third-order valence-corrected chi connectivity index (χ3v) is 0. The fourth-order valence-corrected chi connectivity index (χ4v) is 0. The lowest BCUT2D eigenvalue weighted by Crippen LogP contribution is -1.47. The summed E-state index contributed by atoms with van der Waals surface area (Å²) in [6.07, 6.45) is 0.167. The van der Waals surface area contributed by atoms with Crippen molar-refractivity contribution in [2.75, 3.05) is 6.35 Å². The maximum atomic E-state index is 7.53. The molecule has 0 saturated carbocycles. The summed E-state index contributed by atoms with van der Waals surface area (Å²) in [5.74, 6) is 0. The maximum absolute atomic E-state index is 7.53. The molecule has 2 nitrogen and oxygen atoms in total. The van der Waals surface area contributed by atoms with Crippen molar-refractivity contribution < 1.29 is 10.6 Å². The molecule has 5 heavy (non-hydrogen) atoms. The average Bonchev–Trinajstić information content (AvgIpc) is 0.918. The van der Waals surface area contributed by atoms with Gasteiger partial charge < -0.3 is 10.6 Å². The quantitative estimate of drug-likeness (QED) is 0.425. The molecule has 0 heterocycles. The zero-order valence-corrected chi connectivity index (χ0v) is 4.61. The van der Waals surface area contributed by atoms with Crippen LogP contribution in [0.15, 0.2) is 0 Å². The van der Waals surface area contributed by atoms with Gasteiger partial charge in [-0.05, 0) is 0 Å². The van der Waals surface area contributed by atoms with Crippen LogP contribution in [0.25, 0.3) is 0 Å². The van der Waals surface area contributed by atoms with E-state index in [1.165, 1.54) is 0 Å². The van der Waals surface area contributed by atoms with Gasteiger partial charge in [0.05, 0.1) is 6.35 Å². The van der Waals surface area contributed by atoms with E-state index in [1.807, 2.05) is 0 Å². The van der Waals surface area contributed by atoms with Crippen molar-refractivity contribution in [3.63, 3.8) is 0 Å². The Kier molecular flexibility index (Phi) is 79.6. The number of aliphatic hydroxyl groups is 1. The SMILES string of the molecule is Cl.O.OCP. The minimum Gasteiger partial charge on any atom is -0.412 e. The van der Waals surface area contributed by atoms with Gasteiger partial charge >= 0.3 is 0 Å². The fourth-order valence-electron chi connectivity index (χ4n) is 0. The molecule has 0 aromatic rings. The summed E-state index contributed by atoms with van der Waals surface area (Å²) in [6, 6.07) is 0. The first-order chi connectivity index (χ1) is 1.41. The Bertz CT molecular complexity index is 9.61. The fraction of sp³-hybridized carbons (Fsp3) is 1.00. The zero-order chi connectivity index (χ0) is 2.71. The third kappa shape index (κ3) is 79.0. The summed E-state index contributed by atoms with van der Waals surface area (Å²) in [5, 5.41) is 7.53. The van der Waals surface area contributed by atoms with Gasteiger partial charge in [-0.3, -0.25) is 0 Å². The van der Waals surface area contributed by atoms with E-state index in [1.54, 1.807) is 0 Å². The molecule has 0 aromatic heterocycles. The number of rotatable bonds is 0. The molecule has 36 valence electrons. The first-order valence-electron chi connectivity index (χ1n) is 0.724. The van der Waals surface area contributed by atoms with Gasteiger partial charge in [-0.15, -0.1) is 21.6 Å². The molecule has 0 amide bonds. The van der Waals surface area contributed by atoms with Crippen molar-refractivity contribution in [1.82, 2.24) is 0 Å². The molecule has 0 aliphatic rings. The van der Waals surface area contributed by atoms with Crippen LogP contribution < -0.4 is 0 Å². The highest BCUT2D eigenvalue weighted by molar-refractivity contribution is 7.16. The van der Waals surface area contributed by atoms with E-state index in [9.17, 15) is 0 Å². The second-order valence-electron chi connectivity index (χ2n) is 0.183. The zero-order valence-electron chi connectivity index (χ0n) is 2.64. The lowest BCUT2D eigenvalue weighted by Gasteiger charge is -1.53. The van der Waals surface area contributed by atoms with Crippen LogP contribution in [0.5, 0.6) is 0 Å². The molecule has 4 heteroatoms. The highest BCUT2D eigenvalue weighted by atomic mass is 35.5. The second-order valence-corrected chi connectivity index (χ2v) is 0.548. The van der Waals surface area contributed by atoms with Crippen molar-refractivity contribution in [1.29, 1.82) is 0 Å². The molecule has 3 N–H and O–H groups in total. The van der Waals surface area contributed by atoms with E-state index in [-0.39, 0.29) is 24.2 Å². The Labute approximate surface area is 39.5 Å². The van der Waals surface area contributed by atoms with E-state index < -0.39 is 0 Å². The van der Waals surface area contributed by atoms with E-state index >= 15 is 0 Å². The van der Waals surface area contributed by atoms with E-state index in [0.717, 1.165) is 0 Å². The predicted molar refractivity (Wildman–Crippen MR) is 27.7 cm³/mol. The molecule has 0 saturated heterocycles. The predicted octanol–water partition coefficient (Wildman–Crippen LogP) is -0.592. The molecule has 1 atom stereocenters. The average molecular weight is 119 g/mol. The Balaban J connectivity index is -0.0000000200. The number of hydrogen-bond donors (Lipinski definition) is 1. The van der Waals surface area contributed by atoms with Crippen molar-refractivity contribution in [2.45, 2.75) is 0 Å². The summed E-state index contributed by atoms with van der Waals surface area (Å²) in [5.41, 5.74) is 0. The van der Waals surface area contributed by atoms with Gasteiger partial charge in [-0.25, -0.2) is 0 Å². The Morgan fingerprint density at radius 1 is 1.60 bits per heavy atom. The van der Waals surface area contributed by atoms with E-state index in [0.29, 0.717) is 0 Å². The van der Waals surface area contributed by atoms with Crippen LogP contribution >= 0.6 is 21.6 Å². The first kappa shape index (κ1) is 17.4. The molecule has 0 spiro atoms. The minimum atomic E-state index is 0. The Hall–Kier alpha value is 0.640. The summed E-state index contributed by atoms with van der Waals surface area (Å²) in [4.78, 5) is 0.